The number of nitrogens with zero attached hydrogens (tertiary/aromatic N) is 1. The first-order valence-corrected chi connectivity index (χ1v) is 8.24. The molecule has 2 aromatic carbocycles. The van der Waals surface area contributed by atoms with E-state index in [0.717, 1.165) is 22.0 Å². The quantitative estimate of drug-likeness (QED) is 0.504. The van der Waals surface area contributed by atoms with Crippen LogP contribution in [0, 0.1) is 17.0 Å². The highest BCUT2D eigenvalue weighted by Gasteiger charge is 2.16. The van der Waals surface area contributed by atoms with Crippen LogP contribution in [-0.2, 0) is 11.2 Å². The van der Waals surface area contributed by atoms with Gasteiger partial charge in [-0.3, -0.25) is 14.9 Å². The van der Waals surface area contributed by atoms with Gasteiger partial charge < -0.3 is 15.0 Å². The molecule has 134 valence electrons. The molecule has 1 aromatic heterocycles. The third kappa shape index (κ3) is 4.00. The average molecular weight is 353 g/mol. The molecule has 0 unspecified atom stereocenters. The maximum Gasteiger partial charge on any atom is 0.310 e. The van der Waals surface area contributed by atoms with E-state index in [0.29, 0.717) is 13.0 Å². The summed E-state index contributed by atoms with van der Waals surface area (Å²) in [5.41, 5.74) is 2.85. The van der Waals surface area contributed by atoms with Gasteiger partial charge in [0.25, 0.3) is 5.91 Å². The van der Waals surface area contributed by atoms with Gasteiger partial charge in [0, 0.05) is 29.7 Å². The number of aromatic amines is 1. The van der Waals surface area contributed by atoms with E-state index >= 15 is 0 Å². The minimum absolute atomic E-state index is 0.0989. The smallest absolute Gasteiger partial charge is 0.310 e. The van der Waals surface area contributed by atoms with Crippen LogP contribution in [0.1, 0.15) is 11.1 Å². The van der Waals surface area contributed by atoms with Crippen molar-refractivity contribution in [1.82, 2.24) is 10.3 Å². The molecule has 2 N–H and O–H groups in total. The van der Waals surface area contributed by atoms with Gasteiger partial charge in [0.15, 0.2) is 12.4 Å². The number of nitro groups is 1. The van der Waals surface area contributed by atoms with Crippen LogP contribution in [-0.4, -0.2) is 29.0 Å². The standard InChI is InChI=1S/C19H19N3O4/c1-13-6-7-17(22(24)25)18(10-13)26-12-19(23)20-9-8-14-11-21-16-5-3-2-4-15(14)16/h2-7,10-11,21H,8-9,12H2,1H3,(H,20,23). The molecule has 0 saturated heterocycles. The third-order valence-electron chi connectivity index (χ3n) is 4.06. The van der Waals surface area contributed by atoms with E-state index in [4.69, 9.17) is 4.74 Å². The van der Waals surface area contributed by atoms with Crippen LogP contribution < -0.4 is 10.1 Å². The minimum Gasteiger partial charge on any atom is -0.477 e. The van der Waals surface area contributed by atoms with E-state index in [2.05, 4.69) is 10.3 Å². The van der Waals surface area contributed by atoms with Crippen molar-refractivity contribution in [3.05, 3.63) is 69.9 Å². The number of nitro benzene ring substituents is 1. The molecule has 3 aromatic rings. The van der Waals surface area contributed by atoms with Gasteiger partial charge in [-0.05, 0) is 36.6 Å². The van der Waals surface area contributed by atoms with Gasteiger partial charge in [-0.15, -0.1) is 0 Å². The molecule has 7 heteroatoms. The lowest BCUT2D eigenvalue weighted by molar-refractivity contribution is -0.385. The van der Waals surface area contributed by atoms with Crippen LogP contribution in [0.25, 0.3) is 10.9 Å². The Kier molecular flexibility index (Phi) is 5.17. The van der Waals surface area contributed by atoms with Crippen molar-refractivity contribution in [3.63, 3.8) is 0 Å². The van der Waals surface area contributed by atoms with Crippen LogP contribution >= 0.6 is 0 Å². The lowest BCUT2D eigenvalue weighted by Gasteiger charge is -2.08. The zero-order valence-corrected chi connectivity index (χ0v) is 14.3. The zero-order chi connectivity index (χ0) is 18.5. The number of fused-ring (bicyclic) bond motifs is 1. The van der Waals surface area contributed by atoms with E-state index in [9.17, 15) is 14.9 Å². The largest absolute Gasteiger partial charge is 0.477 e. The number of amides is 1. The number of hydrogen-bond acceptors (Lipinski definition) is 4. The van der Waals surface area contributed by atoms with Crippen LogP contribution in [0.15, 0.2) is 48.7 Å². The summed E-state index contributed by atoms with van der Waals surface area (Å²) >= 11 is 0. The first kappa shape index (κ1) is 17.5. The zero-order valence-electron chi connectivity index (χ0n) is 14.3. The Hall–Kier alpha value is -3.35. The lowest BCUT2D eigenvalue weighted by Crippen LogP contribution is -2.30. The fourth-order valence-corrected chi connectivity index (χ4v) is 2.76. The number of rotatable bonds is 7. The maximum atomic E-state index is 12.0. The van der Waals surface area contributed by atoms with Crippen molar-refractivity contribution in [2.75, 3.05) is 13.2 Å². The molecule has 0 aliphatic rings. The van der Waals surface area contributed by atoms with Crippen molar-refractivity contribution in [3.8, 4) is 5.75 Å². The summed E-state index contributed by atoms with van der Waals surface area (Å²) < 4.78 is 5.34. The predicted molar refractivity (Wildman–Crippen MR) is 98.3 cm³/mol. The number of ether oxygens (including phenoxy) is 1. The molecule has 0 saturated carbocycles. The summed E-state index contributed by atoms with van der Waals surface area (Å²) in [4.78, 5) is 25.6. The number of benzene rings is 2. The number of nitrogens with one attached hydrogen (secondary N) is 2. The van der Waals surface area contributed by atoms with E-state index in [1.54, 1.807) is 19.1 Å². The van der Waals surface area contributed by atoms with Gasteiger partial charge in [0.1, 0.15) is 0 Å². The van der Waals surface area contributed by atoms with E-state index in [1.165, 1.54) is 6.07 Å². The van der Waals surface area contributed by atoms with Crippen LogP contribution in [0.2, 0.25) is 0 Å². The molecule has 0 fully saturated rings. The lowest BCUT2D eigenvalue weighted by atomic mass is 10.1. The first-order valence-electron chi connectivity index (χ1n) is 8.24. The van der Waals surface area contributed by atoms with Crippen molar-refractivity contribution in [2.45, 2.75) is 13.3 Å². The molecule has 0 radical (unpaired) electrons. The highest BCUT2D eigenvalue weighted by atomic mass is 16.6. The normalized spacial score (nSPS) is 10.7. The molecule has 7 nitrogen and oxygen atoms in total. The van der Waals surface area contributed by atoms with Crippen molar-refractivity contribution in [2.24, 2.45) is 0 Å². The molecule has 1 amide bonds. The van der Waals surface area contributed by atoms with Gasteiger partial charge in [-0.25, -0.2) is 0 Å². The third-order valence-corrected chi connectivity index (χ3v) is 4.06. The van der Waals surface area contributed by atoms with Gasteiger partial charge in [0.2, 0.25) is 0 Å². The number of hydrogen-bond donors (Lipinski definition) is 2. The van der Waals surface area contributed by atoms with Crippen LogP contribution in [0.4, 0.5) is 5.69 Å². The van der Waals surface area contributed by atoms with E-state index < -0.39 is 4.92 Å². The highest BCUT2D eigenvalue weighted by molar-refractivity contribution is 5.83. The van der Waals surface area contributed by atoms with E-state index in [1.807, 2.05) is 30.5 Å². The van der Waals surface area contributed by atoms with Crippen LogP contribution in [0.3, 0.4) is 0 Å². The number of aryl methyl sites for hydroxylation is 1. The summed E-state index contributed by atoms with van der Waals surface area (Å²) in [5.74, 6) is -0.220. The molecule has 0 spiro atoms. The second-order valence-electron chi connectivity index (χ2n) is 5.98. The maximum absolute atomic E-state index is 12.0. The Labute approximate surface area is 150 Å². The molecule has 1 heterocycles. The fourth-order valence-electron chi connectivity index (χ4n) is 2.76. The topological polar surface area (TPSA) is 97.3 Å². The molecule has 0 aliphatic carbocycles. The minimum atomic E-state index is -0.524. The molecule has 0 aliphatic heterocycles. The Morgan fingerprint density at radius 2 is 2.08 bits per heavy atom. The Morgan fingerprint density at radius 1 is 1.27 bits per heavy atom. The van der Waals surface area contributed by atoms with Gasteiger partial charge >= 0.3 is 5.69 Å². The summed E-state index contributed by atoms with van der Waals surface area (Å²) in [5, 5.41) is 14.9. The number of para-hydroxylation sites is 1. The Bertz CT molecular complexity index is 949. The SMILES string of the molecule is Cc1ccc([N+](=O)[O-])c(OCC(=O)NCCc2c[nH]c3ccccc23)c1. The second-order valence-corrected chi connectivity index (χ2v) is 5.98. The molecular weight excluding hydrogens is 334 g/mol. The molecule has 0 bridgehead atoms. The van der Waals surface area contributed by atoms with E-state index in [-0.39, 0.29) is 24.0 Å². The van der Waals surface area contributed by atoms with Crippen molar-refractivity contribution >= 4 is 22.5 Å². The second kappa shape index (κ2) is 7.69. The molecular formula is C19H19N3O4. The van der Waals surface area contributed by atoms with Gasteiger partial charge in [-0.1, -0.05) is 24.3 Å². The summed E-state index contributed by atoms with van der Waals surface area (Å²) in [7, 11) is 0. The molecule has 26 heavy (non-hydrogen) atoms. The first-order chi connectivity index (χ1) is 12.5. The fraction of sp³-hybridized carbons (Fsp3) is 0.211. The number of aromatic nitrogens is 1. The monoisotopic (exact) mass is 353 g/mol. The van der Waals surface area contributed by atoms with Gasteiger partial charge in [0.05, 0.1) is 4.92 Å². The highest BCUT2D eigenvalue weighted by Crippen LogP contribution is 2.27. The Morgan fingerprint density at radius 3 is 2.88 bits per heavy atom. The van der Waals surface area contributed by atoms with Crippen molar-refractivity contribution in [1.29, 1.82) is 0 Å². The van der Waals surface area contributed by atoms with Crippen molar-refractivity contribution < 1.29 is 14.5 Å². The number of carbonyl (C=O) groups excluding carboxylic acids is 1. The predicted octanol–water partition coefficient (Wildman–Crippen LogP) is 3.12. The van der Waals surface area contributed by atoms with Crippen LogP contribution in [0.5, 0.6) is 5.75 Å². The summed E-state index contributed by atoms with van der Waals surface area (Å²) in [6, 6.07) is 12.5. The Balaban J connectivity index is 1.52. The molecule has 3 rings (SSSR count). The number of carbonyl (C=O) groups is 1. The summed E-state index contributed by atoms with van der Waals surface area (Å²) in [6.45, 7) is 2.00. The number of H-pyrrole nitrogens is 1. The summed E-state index contributed by atoms with van der Waals surface area (Å²) in [6.07, 6.45) is 2.61. The molecule has 0 atom stereocenters. The van der Waals surface area contributed by atoms with Gasteiger partial charge in [-0.2, -0.15) is 0 Å². The average Bonchev–Trinajstić information content (AvgIpc) is 3.03.